The number of carbonyl (C=O) groups is 1. The minimum Gasteiger partial charge on any atom is -0.477 e. The lowest BCUT2D eigenvalue weighted by Crippen LogP contribution is -2.32. The number of carboxylic acids is 1. The smallest absolute Gasteiger partial charge is 0.451 e. The molecule has 1 saturated heterocycles. The average Bonchev–Trinajstić information content (AvgIpc) is 2.38. The van der Waals surface area contributed by atoms with Gasteiger partial charge in [-0.15, -0.1) is 0 Å². The zero-order chi connectivity index (χ0) is 14.0. The summed E-state index contributed by atoms with van der Waals surface area (Å²) in [4.78, 5) is 19.1. The van der Waals surface area contributed by atoms with Crippen molar-refractivity contribution in [3.8, 4) is 0 Å². The molecule has 0 unspecified atom stereocenters. The summed E-state index contributed by atoms with van der Waals surface area (Å²) < 4.78 is 37.7. The van der Waals surface area contributed by atoms with E-state index in [2.05, 4.69) is 9.97 Å². The van der Waals surface area contributed by atoms with Gasteiger partial charge >= 0.3 is 12.1 Å². The van der Waals surface area contributed by atoms with Gasteiger partial charge in [0.2, 0.25) is 5.82 Å². The summed E-state index contributed by atoms with van der Waals surface area (Å²) in [6, 6.07) is 0. The molecule has 1 aromatic heterocycles. The first-order chi connectivity index (χ1) is 8.89. The van der Waals surface area contributed by atoms with E-state index in [1.165, 1.54) is 0 Å². The maximum Gasteiger partial charge on any atom is 0.451 e. The molecule has 1 aliphatic heterocycles. The molecule has 0 saturated carbocycles. The number of halogens is 3. The van der Waals surface area contributed by atoms with E-state index in [1.54, 1.807) is 4.90 Å². The zero-order valence-electron chi connectivity index (χ0n) is 9.94. The van der Waals surface area contributed by atoms with Crippen molar-refractivity contribution in [1.82, 2.24) is 9.97 Å². The lowest BCUT2D eigenvalue weighted by Gasteiger charge is -2.28. The molecule has 104 valence electrons. The molecule has 0 radical (unpaired) electrons. The number of carboxylic acid groups (broad SMARTS) is 1. The molecule has 0 amide bonds. The summed E-state index contributed by atoms with van der Waals surface area (Å²) in [6.45, 7) is 1.02. The Hall–Kier alpha value is -1.86. The number of aromatic nitrogens is 2. The molecular weight excluding hydrogens is 263 g/mol. The van der Waals surface area contributed by atoms with Gasteiger partial charge in [-0.3, -0.25) is 0 Å². The molecule has 8 heteroatoms. The predicted octanol–water partition coefficient (Wildman–Crippen LogP) is 2.18. The van der Waals surface area contributed by atoms with Crippen LogP contribution in [0.25, 0.3) is 0 Å². The van der Waals surface area contributed by atoms with Crippen molar-refractivity contribution in [2.24, 2.45) is 0 Å². The van der Waals surface area contributed by atoms with Crippen LogP contribution in [0.15, 0.2) is 6.20 Å². The molecule has 5 nitrogen and oxygen atoms in total. The Morgan fingerprint density at radius 2 is 1.89 bits per heavy atom. The van der Waals surface area contributed by atoms with Crippen molar-refractivity contribution in [3.63, 3.8) is 0 Å². The van der Waals surface area contributed by atoms with Gasteiger partial charge in [-0.2, -0.15) is 13.2 Å². The second-order valence-electron chi connectivity index (χ2n) is 4.28. The van der Waals surface area contributed by atoms with E-state index < -0.39 is 18.0 Å². The Morgan fingerprint density at radius 1 is 1.26 bits per heavy atom. The van der Waals surface area contributed by atoms with Crippen molar-refractivity contribution in [2.45, 2.75) is 25.4 Å². The monoisotopic (exact) mass is 275 g/mol. The van der Waals surface area contributed by atoms with E-state index in [1.807, 2.05) is 0 Å². The van der Waals surface area contributed by atoms with Gasteiger partial charge in [-0.1, -0.05) is 0 Å². The van der Waals surface area contributed by atoms with E-state index in [9.17, 15) is 18.0 Å². The van der Waals surface area contributed by atoms with E-state index in [0.717, 1.165) is 25.5 Å². The van der Waals surface area contributed by atoms with Gasteiger partial charge in [-0.25, -0.2) is 14.8 Å². The van der Waals surface area contributed by atoms with E-state index in [4.69, 9.17) is 5.11 Å². The first kappa shape index (κ1) is 13.6. The summed E-state index contributed by atoms with van der Waals surface area (Å²) in [7, 11) is 0. The minimum atomic E-state index is -4.68. The lowest BCUT2D eigenvalue weighted by atomic mass is 10.1. The van der Waals surface area contributed by atoms with Crippen LogP contribution >= 0.6 is 0 Å². The van der Waals surface area contributed by atoms with Crippen LogP contribution in [0.2, 0.25) is 0 Å². The Morgan fingerprint density at radius 3 is 2.42 bits per heavy atom. The maximum absolute atomic E-state index is 12.6. The van der Waals surface area contributed by atoms with Crippen LogP contribution in [0.3, 0.4) is 0 Å². The molecule has 1 fully saturated rings. The van der Waals surface area contributed by atoms with Gasteiger partial charge in [0.15, 0.2) is 0 Å². The fraction of sp³-hybridized carbons (Fsp3) is 0.545. The number of anilines is 1. The Kier molecular flexibility index (Phi) is 3.59. The summed E-state index contributed by atoms with van der Waals surface area (Å²) in [6.07, 6.45) is -1.35. The summed E-state index contributed by atoms with van der Waals surface area (Å²) >= 11 is 0. The number of aromatic carboxylic acids is 1. The zero-order valence-corrected chi connectivity index (χ0v) is 9.94. The van der Waals surface area contributed by atoms with E-state index in [-0.39, 0.29) is 11.4 Å². The highest BCUT2D eigenvalue weighted by molar-refractivity contribution is 5.93. The fourth-order valence-electron chi connectivity index (χ4n) is 2.01. The highest BCUT2D eigenvalue weighted by Gasteiger charge is 2.36. The van der Waals surface area contributed by atoms with Crippen molar-refractivity contribution in [3.05, 3.63) is 17.6 Å². The van der Waals surface area contributed by atoms with Gasteiger partial charge < -0.3 is 10.0 Å². The van der Waals surface area contributed by atoms with Crippen molar-refractivity contribution in [2.75, 3.05) is 18.0 Å². The third kappa shape index (κ3) is 2.94. The molecular formula is C11H12F3N3O2. The number of piperidine rings is 1. The molecule has 19 heavy (non-hydrogen) atoms. The lowest BCUT2D eigenvalue weighted by molar-refractivity contribution is -0.144. The number of nitrogens with zero attached hydrogens (tertiary/aromatic N) is 3. The molecule has 0 spiro atoms. The van der Waals surface area contributed by atoms with Crippen molar-refractivity contribution >= 4 is 11.8 Å². The number of hydrogen-bond acceptors (Lipinski definition) is 4. The number of hydrogen-bond donors (Lipinski definition) is 1. The van der Waals surface area contributed by atoms with Gasteiger partial charge in [0.05, 0.1) is 0 Å². The highest BCUT2D eigenvalue weighted by atomic mass is 19.4. The number of rotatable bonds is 2. The van der Waals surface area contributed by atoms with Crippen LogP contribution in [0.5, 0.6) is 0 Å². The normalized spacial score (nSPS) is 16.5. The maximum atomic E-state index is 12.6. The Balaban J connectivity index is 2.44. The largest absolute Gasteiger partial charge is 0.477 e. The van der Waals surface area contributed by atoms with Gasteiger partial charge in [0.25, 0.3) is 0 Å². The summed E-state index contributed by atoms with van der Waals surface area (Å²) in [5, 5.41) is 9.00. The second kappa shape index (κ2) is 5.02. The molecule has 0 aliphatic carbocycles. The topological polar surface area (TPSA) is 66.3 Å². The molecule has 0 aromatic carbocycles. The Bertz CT molecular complexity index is 485. The molecule has 0 atom stereocenters. The molecule has 2 rings (SSSR count). The van der Waals surface area contributed by atoms with Crippen LogP contribution in [0, 0.1) is 0 Å². The average molecular weight is 275 g/mol. The third-order valence-electron chi connectivity index (χ3n) is 2.91. The summed E-state index contributed by atoms with van der Waals surface area (Å²) in [5.41, 5.74) is -0.296. The fourth-order valence-corrected chi connectivity index (χ4v) is 2.01. The highest BCUT2D eigenvalue weighted by Crippen LogP contribution is 2.29. The third-order valence-corrected chi connectivity index (χ3v) is 2.91. The van der Waals surface area contributed by atoms with Crippen molar-refractivity contribution in [1.29, 1.82) is 0 Å². The van der Waals surface area contributed by atoms with E-state index >= 15 is 0 Å². The number of alkyl halides is 3. The summed E-state index contributed by atoms with van der Waals surface area (Å²) in [5.74, 6) is -2.78. The first-order valence-corrected chi connectivity index (χ1v) is 5.82. The molecule has 1 N–H and O–H groups in total. The van der Waals surface area contributed by atoms with E-state index in [0.29, 0.717) is 13.1 Å². The molecule has 2 heterocycles. The SMILES string of the molecule is O=C(O)c1cnc(C(F)(F)F)nc1N1CCCCC1. The quantitative estimate of drug-likeness (QED) is 0.896. The van der Waals surface area contributed by atoms with Crippen LogP contribution in [0.4, 0.5) is 19.0 Å². The van der Waals surface area contributed by atoms with Crippen LogP contribution < -0.4 is 4.90 Å². The van der Waals surface area contributed by atoms with Crippen LogP contribution in [0.1, 0.15) is 35.4 Å². The second-order valence-corrected chi connectivity index (χ2v) is 4.28. The standard InChI is InChI=1S/C11H12F3N3O2/c12-11(13,14)10-15-6-7(9(18)19)8(16-10)17-4-2-1-3-5-17/h6H,1-5H2,(H,18,19). The minimum absolute atomic E-state index is 0.144. The van der Waals surface area contributed by atoms with Gasteiger partial charge in [0.1, 0.15) is 11.4 Å². The first-order valence-electron chi connectivity index (χ1n) is 5.82. The molecule has 0 bridgehead atoms. The van der Waals surface area contributed by atoms with Crippen LogP contribution in [-0.4, -0.2) is 34.1 Å². The van der Waals surface area contributed by atoms with Gasteiger partial charge in [0, 0.05) is 19.3 Å². The van der Waals surface area contributed by atoms with Gasteiger partial charge in [-0.05, 0) is 19.3 Å². The molecule has 1 aliphatic rings. The van der Waals surface area contributed by atoms with Crippen LogP contribution in [-0.2, 0) is 6.18 Å². The van der Waals surface area contributed by atoms with Crippen molar-refractivity contribution < 1.29 is 23.1 Å². The Labute approximate surface area is 107 Å². The molecule has 1 aromatic rings. The predicted molar refractivity (Wildman–Crippen MR) is 60.1 cm³/mol.